The lowest BCUT2D eigenvalue weighted by atomic mass is 10.3. The van der Waals surface area contributed by atoms with Crippen molar-refractivity contribution in [1.82, 2.24) is 14.7 Å². The van der Waals surface area contributed by atoms with Crippen LogP contribution >= 0.6 is 0 Å². The number of alkyl halides is 2. The highest BCUT2D eigenvalue weighted by molar-refractivity contribution is 6.03. The van der Waals surface area contributed by atoms with Crippen LogP contribution in [0.4, 0.5) is 14.5 Å². The van der Waals surface area contributed by atoms with Crippen molar-refractivity contribution in [2.24, 2.45) is 0 Å². The number of carbonyl (C=O) groups excluding carboxylic acids is 2. The number of hydrogen-bond donors (Lipinski definition) is 1. The predicted molar refractivity (Wildman–Crippen MR) is 89.2 cm³/mol. The molecule has 0 spiro atoms. The molecule has 0 unspecified atom stereocenters. The fourth-order valence-electron chi connectivity index (χ4n) is 2.68. The van der Waals surface area contributed by atoms with Gasteiger partial charge in [0.2, 0.25) is 0 Å². The Kier molecular flexibility index (Phi) is 5.45. The summed E-state index contributed by atoms with van der Waals surface area (Å²) in [6, 6.07) is 7.53. The fourth-order valence-corrected chi connectivity index (χ4v) is 2.68. The van der Waals surface area contributed by atoms with Crippen LogP contribution in [0.25, 0.3) is 0 Å². The van der Waals surface area contributed by atoms with Crippen LogP contribution in [-0.2, 0) is 4.79 Å². The first-order chi connectivity index (χ1) is 12.5. The average Bonchev–Trinajstić information content (AvgIpc) is 3.32. The minimum Gasteiger partial charge on any atom is -0.484 e. The molecule has 138 valence electrons. The maximum absolute atomic E-state index is 12.7. The van der Waals surface area contributed by atoms with Gasteiger partial charge in [0.1, 0.15) is 11.4 Å². The summed E-state index contributed by atoms with van der Waals surface area (Å²) in [7, 11) is 0. The summed E-state index contributed by atoms with van der Waals surface area (Å²) in [5, 5.41) is 5.93. The van der Waals surface area contributed by atoms with Gasteiger partial charge in [0.05, 0.1) is 0 Å². The third-order valence-electron chi connectivity index (χ3n) is 4.02. The third-order valence-corrected chi connectivity index (χ3v) is 4.02. The summed E-state index contributed by atoms with van der Waals surface area (Å²) in [6.45, 7) is -1.40. The lowest BCUT2D eigenvalue weighted by molar-refractivity contribution is -0.132. The van der Waals surface area contributed by atoms with E-state index in [9.17, 15) is 18.4 Å². The monoisotopic (exact) mass is 364 g/mol. The molecular weight excluding hydrogens is 346 g/mol. The maximum atomic E-state index is 12.7. The van der Waals surface area contributed by atoms with E-state index in [1.54, 1.807) is 29.2 Å². The number of rotatable bonds is 6. The zero-order valence-electron chi connectivity index (χ0n) is 13.9. The first kappa shape index (κ1) is 17.8. The molecule has 2 heterocycles. The van der Waals surface area contributed by atoms with Gasteiger partial charge in [-0.2, -0.15) is 18.6 Å². The van der Waals surface area contributed by atoms with Crippen LogP contribution in [0.5, 0.6) is 5.75 Å². The summed E-state index contributed by atoms with van der Waals surface area (Å²) in [5.74, 6) is -0.269. The number of benzene rings is 1. The molecule has 7 nitrogen and oxygen atoms in total. The highest BCUT2D eigenvalue weighted by Crippen LogP contribution is 2.18. The molecule has 2 amide bonds. The Labute approximate surface area is 148 Å². The van der Waals surface area contributed by atoms with Gasteiger partial charge in [-0.25, -0.2) is 0 Å². The van der Waals surface area contributed by atoms with E-state index in [2.05, 4.69) is 10.4 Å². The quantitative estimate of drug-likeness (QED) is 0.855. The SMILES string of the molecule is O=C(Nc1ccc(OCC(=O)N2CCCC2)cc1)c1ccnn1C(F)F. The fraction of sp³-hybridized carbons (Fsp3) is 0.353. The van der Waals surface area contributed by atoms with Crippen molar-refractivity contribution < 1.29 is 23.1 Å². The molecule has 0 bridgehead atoms. The number of anilines is 1. The Morgan fingerprint density at radius 2 is 1.85 bits per heavy atom. The number of likely N-dealkylation sites (tertiary alicyclic amines) is 1. The molecular formula is C17H18F2N4O3. The highest BCUT2D eigenvalue weighted by Gasteiger charge is 2.19. The largest absolute Gasteiger partial charge is 0.484 e. The highest BCUT2D eigenvalue weighted by atomic mass is 19.3. The Morgan fingerprint density at radius 1 is 1.15 bits per heavy atom. The van der Waals surface area contributed by atoms with Gasteiger partial charge in [-0.05, 0) is 43.2 Å². The smallest absolute Gasteiger partial charge is 0.333 e. The van der Waals surface area contributed by atoms with Crippen LogP contribution in [0, 0.1) is 0 Å². The third kappa shape index (κ3) is 4.16. The van der Waals surface area contributed by atoms with Crippen molar-refractivity contribution >= 4 is 17.5 Å². The van der Waals surface area contributed by atoms with Gasteiger partial charge in [0.15, 0.2) is 6.61 Å². The number of halogens is 2. The number of nitrogens with zero attached hydrogens (tertiary/aromatic N) is 3. The van der Waals surface area contributed by atoms with Crippen LogP contribution in [0.3, 0.4) is 0 Å². The summed E-state index contributed by atoms with van der Waals surface area (Å²) in [5.41, 5.74) is 0.173. The van der Waals surface area contributed by atoms with Crippen molar-refractivity contribution in [2.75, 3.05) is 25.0 Å². The standard InChI is InChI=1S/C17H18F2N4O3/c18-17(19)23-14(7-8-20-23)16(25)21-12-3-5-13(6-4-12)26-11-15(24)22-9-1-2-10-22/h3-8,17H,1-2,9-11H2,(H,21,25). The van der Waals surface area contributed by atoms with E-state index in [-0.39, 0.29) is 18.2 Å². The first-order valence-electron chi connectivity index (χ1n) is 8.18. The first-order valence-corrected chi connectivity index (χ1v) is 8.18. The lowest BCUT2D eigenvalue weighted by Crippen LogP contribution is -2.32. The Morgan fingerprint density at radius 3 is 2.50 bits per heavy atom. The summed E-state index contributed by atoms with van der Waals surface area (Å²) in [4.78, 5) is 25.7. The van der Waals surface area contributed by atoms with E-state index >= 15 is 0 Å². The zero-order valence-corrected chi connectivity index (χ0v) is 13.9. The van der Waals surface area contributed by atoms with Crippen LogP contribution in [0.1, 0.15) is 29.9 Å². The van der Waals surface area contributed by atoms with E-state index in [1.165, 1.54) is 6.07 Å². The molecule has 1 fully saturated rings. The molecule has 0 aliphatic carbocycles. The molecule has 1 saturated heterocycles. The van der Waals surface area contributed by atoms with Crippen LogP contribution < -0.4 is 10.1 Å². The second-order valence-electron chi connectivity index (χ2n) is 5.79. The molecule has 1 aromatic heterocycles. The Balaban J connectivity index is 1.54. The molecule has 26 heavy (non-hydrogen) atoms. The maximum Gasteiger partial charge on any atom is 0.333 e. The van der Waals surface area contributed by atoms with Crippen molar-refractivity contribution in [3.63, 3.8) is 0 Å². The second-order valence-corrected chi connectivity index (χ2v) is 5.79. The van der Waals surface area contributed by atoms with Crippen LogP contribution in [0.2, 0.25) is 0 Å². The molecule has 1 aliphatic rings. The number of nitrogens with one attached hydrogen (secondary N) is 1. The van der Waals surface area contributed by atoms with E-state index in [4.69, 9.17) is 4.74 Å². The number of amides is 2. The minimum absolute atomic E-state index is 0.0424. The average molecular weight is 364 g/mol. The molecule has 2 aromatic rings. The van der Waals surface area contributed by atoms with Gasteiger partial charge >= 0.3 is 6.55 Å². The van der Waals surface area contributed by atoms with Crippen molar-refractivity contribution in [1.29, 1.82) is 0 Å². The molecule has 9 heteroatoms. The second kappa shape index (κ2) is 7.94. The topological polar surface area (TPSA) is 76.5 Å². The van der Waals surface area contributed by atoms with Gasteiger partial charge in [-0.1, -0.05) is 0 Å². The number of ether oxygens (including phenoxy) is 1. The van der Waals surface area contributed by atoms with E-state index in [0.29, 0.717) is 16.1 Å². The van der Waals surface area contributed by atoms with Gasteiger partial charge in [0.25, 0.3) is 11.8 Å². The molecule has 0 saturated carbocycles. The molecule has 1 aromatic carbocycles. The lowest BCUT2D eigenvalue weighted by Gasteiger charge is -2.15. The molecule has 3 rings (SSSR count). The normalized spacial score (nSPS) is 13.9. The molecule has 1 aliphatic heterocycles. The summed E-state index contributed by atoms with van der Waals surface area (Å²) < 4.78 is 31.3. The predicted octanol–water partition coefficient (Wildman–Crippen LogP) is 2.53. The Bertz CT molecular complexity index is 771. The molecule has 0 atom stereocenters. The van der Waals surface area contributed by atoms with Crippen LogP contribution in [0.15, 0.2) is 36.5 Å². The van der Waals surface area contributed by atoms with Gasteiger partial charge < -0.3 is 15.0 Å². The zero-order chi connectivity index (χ0) is 18.5. The van der Waals surface area contributed by atoms with Gasteiger partial charge in [-0.15, -0.1) is 0 Å². The number of carbonyl (C=O) groups is 2. The van der Waals surface area contributed by atoms with E-state index in [1.807, 2.05) is 0 Å². The van der Waals surface area contributed by atoms with Crippen LogP contribution in [-0.4, -0.2) is 46.2 Å². The van der Waals surface area contributed by atoms with E-state index in [0.717, 1.165) is 32.1 Å². The number of hydrogen-bond acceptors (Lipinski definition) is 4. The van der Waals surface area contributed by atoms with Crippen molar-refractivity contribution in [3.8, 4) is 5.75 Å². The number of aromatic nitrogens is 2. The summed E-state index contributed by atoms with van der Waals surface area (Å²) >= 11 is 0. The molecule has 0 radical (unpaired) electrons. The van der Waals surface area contributed by atoms with Crippen molar-refractivity contribution in [3.05, 3.63) is 42.2 Å². The molecule has 1 N–H and O–H groups in total. The van der Waals surface area contributed by atoms with E-state index < -0.39 is 12.5 Å². The minimum atomic E-state index is -2.89. The summed E-state index contributed by atoms with van der Waals surface area (Å²) in [6.07, 6.45) is 3.17. The van der Waals surface area contributed by atoms with Crippen molar-refractivity contribution in [2.45, 2.75) is 19.4 Å². The van der Waals surface area contributed by atoms with Gasteiger partial charge in [0, 0.05) is 25.0 Å². The Hall–Kier alpha value is -2.97. The van der Waals surface area contributed by atoms with Gasteiger partial charge in [-0.3, -0.25) is 9.59 Å².